The lowest BCUT2D eigenvalue weighted by molar-refractivity contribution is -0.145. The van der Waals surface area contributed by atoms with Crippen LogP contribution in [0.4, 0.5) is 0 Å². The Morgan fingerprint density at radius 2 is 1.96 bits per heavy atom. The number of hydrogen-bond donors (Lipinski definition) is 0. The van der Waals surface area contributed by atoms with Gasteiger partial charge in [-0.05, 0) is 23.8 Å². The van der Waals surface area contributed by atoms with Gasteiger partial charge in [0.25, 0.3) is 5.56 Å². The monoisotopic (exact) mass is 386 g/mol. The molecule has 6 heteroatoms. The van der Waals surface area contributed by atoms with Crippen molar-refractivity contribution in [1.29, 1.82) is 0 Å². The molecule has 3 aromatic rings. The summed E-state index contributed by atoms with van der Waals surface area (Å²) in [5.74, 6) is -0.347. The van der Waals surface area contributed by atoms with Gasteiger partial charge in [-0.3, -0.25) is 14.2 Å². The van der Waals surface area contributed by atoms with Crippen molar-refractivity contribution in [3.63, 3.8) is 0 Å². The van der Waals surface area contributed by atoms with Crippen LogP contribution in [0, 0.1) is 0 Å². The Morgan fingerprint density at radius 1 is 1.17 bits per heavy atom. The first-order valence-electron chi connectivity index (χ1n) is 7.48. The lowest BCUT2D eigenvalue weighted by Gasteiger charge is -2.07. The maximum atomic E-state index is 12.4. The molecule has 0 bridgehead atoms. The van der Waals surface area contributed by atoms with Crippen LogP contribution in [0.3, 0.4) is 0 Å². The van der Waals surface area contributed by atoms with Gasteiger partial charge in [-0.15, -0.1) is 0 Å². The molecule has 122 valence electrons. The van der Waals surface area contributed by atoms with Gasteiger partial charge in [0.05, 0.1) is 23.7 Å². The zero-order valence-electron chi connectivity index (χ0n) is 12.8. The molecule has 0 saturated heterocycles. The molecule has 0 spiro atoms. The van der Waals surface area contributed by atoms with Crippen LogP contribution in [0.25, 0.3) is 10.9 Å². The lowest BCUT2D eigenvalue weighted by atomic mass is 10.2. The van der Waals surface area contributed by atoms with Crippen molar-refractivity contribution in [3.05, 3.63) is 75.2 Å². The van der Waals surface area contributed by atoms with Crippen LogP contribution in [-0.4, -0.2) is 15.5 Å². The Kier molecular flexibility index (Phi) is 5.05. The normalized spacial score (nSPS) is 10.7. The van der Waals surface area contributed by atoms with Crippen LogP contribution >= 0.6 is 15.9 Å². The largest absolute Gasteiger partial charge is 0.461 e. The molecule has 0 saturated carbocycles. The van der Waals surface area contributed by atoms with Gasteiger partial charge >= 0.3 is 5.97 Å². The quantitative estimate of drug-likeness (QED) is 0.631. The third-order valence-corrected chi connectivity index (χ3v) is 4.08. The first-order valence-corrected chi connectivity index (χ1v) is 8.27. The van der Waals surface area contributed by atoms with E-state index in [1.807, 2.05) is 36.4 Å². The predicted molar refractivity (Wildman–Crippen MR) is 94.6 cm³/mol. The van der Waals surface area contributed by atoms with E-state index in [0.29, 0.717) is 10.9 Å². The molecule has 1 heterocycles. The SMILES string of the molecule is O=C(CCn1cnc2ccc(Br)cc2c1=O)OCc1ccccc1. The Hall–Kier alpha value is -2.47. The molecule has 0 aliphatic carbocycles. The van der Waals surface area contributed by atoms with Gasteiger partial charge in [-0.25, -0.2) is 4.98 Å². The number of carbonyl (C=O) groups excluding carboxylic acids is 1. The number of nitrogens with zero attached hydrogens (tertiary/aromatic N) is 2. The number of esters is 1. The molecule has 0 unspecified atom stereocenters. The van der Waals surface area contributed by atoms with Crippen LogP contribution in [0.1, 0.15) is 12.0 Å². The number of fused-ring (bicyclic) bond motifs is 1. The molecule has 24 heavy (non-hydrogen) atoms. The molecule has 1 aromatic heterocycles. The maximum Gasteiger partial charge on any atom is 0.307 e. The third-order valence-electron chi connectivity index (χ3n) is 3.59. The van der Waals surface area contributed by atoms with Crippen molar-refractivity contribution in [2.45, 2.75) is 19.6 Å². The minimum atomic E-state index is -0.347. The minimum Gasteiger partial charge on any atom is -0.461 e. The molecule has 2 aromatic carbocycles. The van der Waals surface area contributed by atoms with Crippen LogP contribution in [0.5, 0.6) is 0 Å². The van der Waals surface area contributed by atoms with Gasteiger partial charge in [0.15, 0.2) is 0 Å². The summed E-state index contributed by atoms with van der Waals surface area (Å²) in [5.41, 5.74) is 1.39. The highest BCUT2D eigenvalue weighted by molar-refractivity contribution is 9.10. The summed E-state index contributed by atoms with van der Waals surface area (Å²) in [6.45, 7) is 0.472. The number of benzene rings is 2. The van der Waals surface area contributed by atoms with Gasteiger partial charge in [-0.1, -0.05) is 46.3 Å². The lowest BCUT2D eigenvalue weighted by Crippen LogP contribution is -2.22. The fraction of sp³-hybridized carbons (Fsp3) is 0.167. The highest BCUT2D eigenvalue weighted by Gasteiger charge is 2.08. The van der Waals surface area contributed by atoms with Crippen LogP contribution in [0.15, 0.2) is 64.1 Å². The summed E-state index contributed by atoms with van der Waals surface area (Å²) in [6.07, 6.45) is 1.58. The minimum absolute atomic E-state index is 0.119. The molecule has 0 radical (unpaired) electrons. The average Bonchev–Trinajstić information content (AvgIpc) is 2.61. The zero-order valence-corrected chi connectivity index (χ0v) is 14.4. The smallest absolute Gasteiger partial charge is 0.307 e. The number of halogens is 1. The zero-order chi connectivity index (χ0) is 16.9. The molecule has 0 atom stereocenters. The van der Waals surface area contributed by atoms with E-state index in [4.69, 9.17) is 4.74 Å². The van der Waals surface area contributed by atoms with Gasteiger partial charge in [0, 0.05) is 11.0 Å². The summed E-state index contributed by atoms with van der Waals surface area (Å²) < 4.78 is 7.46. The topological polar surface area (TPSA) is 61.2 Å². The number of aromatic nitrogens is 2. The van der Waals surface area contributed by atoms with Crippen molar-refractivity contribution < 1.29 is 9.53 Å². The fourth-order valence-electron chi connectivity index (χ4n) is 2.31. The van der Waals surface area contributed by atoms with Crippen LogP contribution in [-0.2, 0) is 22.7 Å². The molecule has 0 aliphatic heterocycles. The Labute approximate surface area is 147 Å². The van der Waals surface area contributed by atoms with Gasteiger partial charge in [0.1, 0.15) is 6.61 Å². The summed E-state index contributed by atoms with van der Waals surface area (Å²) >= 11 is 3.35. The number of ether oxygens (including phenoxy) is 1. The fourth-order valence-corrected chi connectivity index (χ4v) is 2.67. The van der Waals surface area contributed by atoms with E-state index in [9.17, 15) is 9.59 Å². The third kappa shape index (κ3) is 3.89. The Bertz CT molecular complexity index is 922. The number of carbonyl (C=O) groups is 1. The second kappa shape index (κ2) is 7.40. The van der Waals surface area contributed by atoms with Crippen molar-refractivity contribution in [1.82, 2.24) is 9.55 Å². The van der Waals surface area contributed by atoms with E-state index in [1.54, 1.807) is 12.1 Å². The van der Waals surface area contributed by atoms with Gasteiger partial charge in [0.2, 0.25) is 0 Å². The Balaban J connectivity index is 1.64. The molecule has 0 aliphatic rings. The summed E-state index contributed by atoms with van der Waals surface area (Å²) in [4.78, 5) is 28.5. The van der Waals surface area contributed by atoms with Crippen molar-refractivity contribution in [2.24, 2.45) is 0 Å². The molecule has 0 amide bonds. The van der Waals surface area contributed by atoms with Gasteiger partial charge in [-0.2, -0.15) is 0 Å². The van der Waals surface area contributed by atoms with Crippen LogP contribution in [0.2, 0.25) is 0 Å². The summed E-state index contributed by atoms with van der Waals surface area (Å²) in [6, 6.07) is 14.8. The van der Waals surface area contributed by atoms with Crippen molar-refractivity contribution in [3.8, 4) is 0 Å². The second-order valence-electron chi connectivity index (χ2n) is 5.30. The van der Waals surface area contributed by atoms with Crippen molar-refractivity contribution in [2.75, 3.05) is 0 Å². The van der Waals surface area contributed by atoms with E-state index < -0.39 is 0 Å². The summed E-state index contributed by atoms with van der Waals surface area (Å²) in [7, 11) is 0. The standard InChI is InChI=1S/C18H15BrN2O3/c19-14-6-7-16-15(10-14)18(23)21(12-20-16)9-8-17(22)24-11-13-4-2-1-3-5-13/h1-7,10,12H,8-9,11H2. The average molecular weight is 387 g/mol. The highest BCUT2D eigenvalue weighted by atomic mass is 79.9. The van der Waals surface area contributed by atoms with E-state index in [1.165, 1.54) is 10.9 Å². The van der Waals surface area contributed by atoms with E-state index in [2.05, 4.69) is 20.9 Å². The molecule has 0 fully saturated rings. The second-order valence-corrected chi connectivity index (χ2v) is 6.22. The maximum absolute atomic E-state index is 12.4. The first kappa shape index (κ1) is 16.4. The van der Waals surface area contributed by atoms with Crippen molar-refractivity contribution >= 4 is 32.8 Å². The molecule has 3 rings (SSSR count). The molecule has 0 N–H and O–H groups in total. The first-order chi connectivity index (χ1) is 11.6. The van der Waals surface area contributed by atoms with Gasteiger partial charge < -0.3 is 4.74 Å². The molecular formula is C18H15BrN2O3. The van der Waals surface area contributed by atoms with E-state index in [-0.39, 0.29) is 31.1 Å². The molecular weight excluding hydrogens is 372 g/mol. The summed E-state index contributed by atoms with van der Waals surface area (Å²) in [5, 5.41) is 0.518. The number of hydrogen-bond acceptors (Lipinski definition) is 4. The number of aryl methyl sites for hydroxylation is 1. The van der Waals surface area contributed by atoms with Crippen LogP contribution < -0.4 is 5.56 Å². The highest BCUT2D eigenvalue weighted by Crippen LogP contribution is 2.14. The Morgan fingerprint density at radius 3 is 2.75 bits per heavy atom. The molecule has 5 nitrogen and oxygen atoms in total. The predicted octanol–water partition coefficient (Wildman–Crippen LogP) is 3.29. The number of rotatable bonds is 5. The van der Waals surface area contributed by atoms with E-state index >= 15 is 0 Å². The van der Waals surface area contributed by atoms with E-state index in [0.717, 1.165) is 10.0 Å².